The van der Waals surface area contributed by atoms with Crippen LogP contribution in [0.3, 0.4) is 0 Å². The van der Waals surface area contributed by atoms with E-state index in [2.05, 4.69) is 31.9 Å². The summed E-state index contributed by atoms with van der Waals surface area (Å²) in [5.41, 5.74) is 0.978. The molecule has 4 aromatic rings. The number of hydrogen-bond acceptors (Lipinski definition) is 3. The Kier molecular flexibility index (Phi) is 3.43. The lowest BCUT2D eigenvalue weighted by Gasteiger charge is -2.03. The average Bonchev–Trinajstić information content (AvgIpc) is 2.88. The molecule has 0 saturated heterocycles. The number of benzene rings is 2. The first-order valence-corrected chi connectivity index (χ1v) is 8.55. The second-order valence-corrected chi connectivity index (χ2v) is 7.03. The summed E-state index contributed by atoms with van der Waals surface area (Å²) < 4.78 is 13.1. The Morgan fingerprint density at radius 1 is 0.957 bits per heavy atom. The summed E-state index contributed by atoms with van der Waals surface area (Å²) in [5, 5.41) is 2.10. The number of halogens is 2. The van der Waals surface area contributed by atoms with E-state index in [1.54, 1.807) is 0 Å². The lowest BCUT2D eigenvalue weighted by atomic mass is 10.1. The van der Waals surface area contributed by atoms with Crippen molar-refractivity contribution in [3.05, 3.63) is 67.6 Å². The van der Waals surface area contributed by atoms with Crippen molar-refractivity contribution in [3.8, 4) is 11.3 Å². The Balaban J connectivity index is 2.23. The molecular weight excluding hydrogens is 424 g/mol. The Morgan fingerprint density at radius 3 is 2.43 bits per heavy atom. The molecule has 2 aromatic carbocycles. The predicted octanol–water partition coefficient (Wildman–Crippen LogP) is 6.04. The third-order valence-corrected chi connectivity index (χ3v) is 4.84. The maximum Gasteiger partial charge on any atom is 0.348 e. The quantitative estimate of drug-likeness (QED) is 0.343. The maximum atomic E-state index is 12.6. The van der Waals surface area contributed by atoms with Crippen molar-refractivity contribution in [1.82, 2.24) is 0 Å². The number of aryl methyl sites for hydroxylation is 1. The fourth-order valence-corrected chi connectivity index (χ4v) is 4.16. The highest BCUT2D eigenvalue weighted by atomic mass is 79.9. The van der Waals surface area contributed by atoms with Gasteiger partial charge < -0.3 is 8.83 Å². The molecule has 0 aliphatic heterocycles. The number of furan rings is 1. The molecule has 0 atom stereocenters. The Labute approximate surface area is 148 Å². The van der Waals surface area contributed by atoms with E-state index < -0.39 is 5.63 Å². The van der Waals surface area contributed by atoms with Gasteiger partial charge in [0.25, 0.3) is 0 Å². The summed E-state index contributed by atoms with van der Waals surface area (Å²) in [6.07, 6.45) is 0. The predicted molar refractivity (Wildman–Crippen MR) is 97.8 cm³/mol. The molecule has 0 bridgehead atoms. The van der Waals surface area contributed by atoms with E-state index in [9.17, 15) is 4.79 Å². The van der Waals surface area contributed by atoms with Crippen molar-refractivity contribution in [3.63, 3.8) is 0 Å². The van der Waals surface area contributed by atoms with Crippen LogP contribution in [-0.2, 0) is 0 Å². The van der Waals surface area contributed by atoms with E-state index in [1.165, 1.54) is 0 Å². The number of rotatable bonds is 1. The molecule has 0 radical (unpaired) electrons. The molecule has 4 rings (SSSR count). The van der Waals surface area contributed by atoms with Gasteiger partial charge in [0.2, 0.25) is 0 Å². The summed E-state index contributed by atoms with van der Waals surface area (Å²) in [5.74, 6) is 1.24. The van der Waals surface area contributed by atoms with Gasteiger partial charge >= 0.3 is 5.63 Å². The molecule has 0 saturated carbocycles. The lowest BCUT2D eigenvalue weighted by molar-refractivity contribution is 0.550. The molecule has 0 spiro atoms. The largest absolute Gasteiger partial charge is 0.460 e. The first-order chi connectivity index (χ1) is 11.1. The summed E-state index contributed by atoms with van der Waals surface area (Å²) in [6, 6.07) is 13.4. The lowest BCUT2D eigenvalue weighted by Crippen LogP contribution is -2.00. The van der Waals surface area contributed by atoms with Gasteiger partial charge in [-0.1, -0.05) is 46.3 Å². The van der Waals surface area contributed by atoms with Crippen LogP contribution in [0.25, 0.3) is 33.1 Å². The van der Waals surface area contributed by atoms with Crippen LogP contribution in [0.15, 0.2) is 65.0 Å². The molecule has 5 heteroatoms. The van der Waals surface area contributed by atoms with Gasteiger partial charge in [-0.05, 0) is 35.0 Å². The highest BCUT2D eigenvalue weighted by Gasteiger charge is 2.21. The minimum absolute atomic E-state index is 0.397. The highest BCUT2D eigenvalue weighted by Crippen LogP contribution is 2.38. The summed E-state index contributed by atoms with van der Waals surface area (Å²) in [6.45, 7) is 1.86. The maximum absolute atomic E-state index is 12.6. The van der Waals surface area contributed by atoms with Crippen molar-refractivity contribution in [2.75, 3.05) is 0 Å². The minimum atomic E-state index is -0.397. The van der Waals surface area contributed by atoms with Crippen LogP contribution >= 0.6 is 31.9 Å². The molecule has 23 heavy (non-hydrogen) atoms. The highest BCUT2D eigenvalue weighted by molar-refractivity contribution is 9.11. The zero-order valence-electron chi connectivity index (χ0n) is 12.0. The summed E-state index contributed by atoms with van der Waals surface area (Å²) in [4.78, 5) is 12.6. The van der Waals surface area contributed by atoms with Crippen LogP contribution in [-0.4, -0.2) is 0 Å². The fourth-order valence-electron chi connectivity index (χ4n) is 2.85. The molecular formula is C18H10Br2O3. The molecule has 0 aliphatic rings. The normalized spacial score (nSPS) is 11.4. The molecule has 0 aliphatic carbocycles. The summed E-state index contributed by atoms with van der Waals surface area (Å²) in [7, 11) is 0. The van der Waals surface area contributed by atoms with Gasteiger partial charge in [-0.25, -0.2) is 4.79 Å². The standard InChI is InChI=1S/C18H10Br2O3/c1-9-14-12-7-11(19)8-13(20)17(12)23-18(21)15(14)16(22-9)10-5-3-2-4-6-10/h2-8H,1H3. The van der Waals surface area contributed by atoms with Crippen molar-refractivity contribution in [2.45, 2.75) is 6.92 Å². The van der Waals surface area contributed by atoms with Crippen LogP contribution < -0.4 is 5.63 Å². The van der Waals surface area contributed by atoms with E-state index in [0.717, 1.165) is 25.3 Å². The Morgan fingerprint density at radius 2 is 1.70 bits per heavy atom. The van der Waals surface area contributed by atoms with Crippen LogP contribution in [0.2, 0.25) is 0 Å². The first-order valence-electron chi connectivity index (χ1n) is 6.96. The van der Waals surface area contributed by atoms with E-state index in [-0.39, 0.29) is 0 Å². The minimum Gasteiger partial charge on any atom is -0.460 e. The zero-order valence-corrected chi connectivity index (χ0v) is 15.2. The number of hydrogen-bond donors (Lipinski definition) is 0. The van der Waals surface area contributed by atoms with Crippen LogP contribution in [0.5, 0.6) is 0 Å². The van der Waals surface area contributed by atoms with Gasteiger partial charge in [-0.2, -0.15) is 0 Å². The SMILES string of the molecule is Cc1oc(-c2ccccc2)c2c(=O)oc3c(Br)cc(Br)cc3c12. The molecule has 0 N–H and O–H groups in total. The molecule has 0 unspecified atom stereocenters. The molecule has 2 aromatic heterocycles. The van der Waals surface area contributed by atoms with E-state index in [1.807, 2.05) is 49.4 Å². The van der Waals surface area contributed by atoms with Crippen molar-refractivity contribution in [2.24, 2.45) is 0 Å². The monoisotopic (exact) mass is 432 g/mol. The van der Waals surface area contributed by atoms with Gasteiger partial charge in [0.05, 0.1) is 4.47 Å². The second kappa shape index (κ2) is 5.35. The van der Waals surface area contributed by atoms with E-state index in [0.29, 0.717) is 22.5 Å². The van der Waals surface area contributed by atoms with E-state index >= 15 is 0 Å². The van der Waals surface area contributed by atoms with E-state index in [4.69, 9.17) is 8.83 Å². The van der Waals surface area contributed by atoms with Crippen molar-refractivity contribution in [1.29, 1.82) is 0 Å². The molecule has 0 fully saturated rings. The van der Waals surface area contributed by atoms with Gasteiger partial charge in [-0.15, -0.1) is 0 Å². The first kappa shape index (κ1) is 14.7. The Bertz CT molecular complexity index is 1110. The number of fused-ring (bicyclic) bond motifs is 3. The Hall–Kier alpha value is -1.85. The smallest absolute Gasteiger partial charge is 0.348 e. The third-order valence-electron chi connectivity index (χ3n) is 3.80. The van der Waals surface area contributed by atoms with Crippen LogP contribution in [0.4, 0.5) is 0 Å². The van der Waals surface area contributed by atoms with Crippen molar-refractivity contribution < 1.29 is 8.83 Å². The molecule has 2 heterocycles. The summed E-state index contributed by atoms with van der Waals surface area (Å²) >= 11 is 6.93. The van der Waals surface area contributed by atoms with Gasteiger partial charge in [-0.3, -0.25) is 0 Å². The average molecular weight is 434 g/mol. The van der Waals surface area contributed by atoms with Crippen LogP contribution in [0.1, 0.15) is 5.76 Å². The van der Waals surface area contributed by atoms with Gasteiger partial charge in [0.15, 0.2) is 5.58 Å². The second-order valence-electron chi connectivity index (χ2n) is 5.26. The fraction of sp³-hybridized carbons (Fsp3) is 0.0556. The molecule has 3 nitrogen and oxygen atoms in total. The molecule has 114 valence electrons. The van der Waals surface area contributed by atoms with Gasteiger partial charge in [0.1, 0.15) is 16.9 Å². The zero-order chi connectivity index (χ0) is 16.1. The van der Waals surface area contributed by atoms with Gasteiger partial charge in [0, 0.05) is 20.8 Å². The van der Waals surface area contributed by atoms with Crippen LogP contribution in [0, 0.1) is 6.92 Å². The third kappa shape index (κ3) is 2.26. The molecule has 0 amide bonds. The topological polar surface area (TPSA) is 43.4 Å². The van der Waals surface area contributed by atoms with Crippen molar-refractivity contribution >= 4 is 53.6 Å².